The summed E-state index contributed by atoms with van der Waals surface area (Å²) < 4.78 is 40.8. The Morgan fingerprint density at radius 1 is 0.729 bits per heavy atom. The van der Waals surface area contributed by atoms with E-state index in [1.807, 2.05) is 31.2 Å². The molecule has 0 saturated heterocycles. The highest BCUT2D eigenvalue weighted by Crippen LogP contribution is 2.39. The molecule has 0 aromatic heterocycles. The molecule has 0 fully saturated rings. The van der Waals surface area contributed by atoms with E-state index >= 15 is 0 Å². The van der Waals surface area contributed by atoms with Crippen LogP contribution < -0.4 is 16.0 Å². The van der Waals surface area contributed by atoms with Crippen LogP contribution >= 0.6 is 11.8 Å². The van der Waals surface area contributed by atoms with Crippen molar-refractivity contribution in [1.82, 2.24) is 5.32 Å². The van der Waals surface area contributed by atoms with E-state index in [0.29, 0.717) is 21.7 Å². The highest BCUT2D eigenvalue weighted by atomic mass is 32.2. The third kappa shape index (κ3) is 9.01. The van der Waals surface area contributed by atoms with Crippen molar-refractivity contribution >= 4 is 46.9 Å². The molecule has 0 bridgehead atoms. The van der Waals surface area contributed by atoms with Crippen molar-refractivity contribution in [3.8, 4) is 0 Å². The van der Waals surface area contributed by atoms with Crippen LogP contribution in [0.2, 0.25) is 0 Å². The summed E-state index contributed by atoms with van der Waals surface area (Å²) in [6.45, 7) is 1.92. The molecule has 0 heterocycles. The van der Waals surface area contributed by atoms with Crippen LogP contribution in [0.4, 0.5) is 24.5 Å². The molecule has 242 valence electrons. The zero-order chi connectivity index (χ0) is 34.1. The Hall–Kier alpha value is -5.61. The number of aryl methyl sites for hydroxylation is 1. The second-order valence-corrected chi connectivity index (χ2v) is 11.9. The molecule has 0 radical (unpaired) electrons. The van der Waals surface area contributed by atoms with E-state index in [1.165, 1.54) is 18.2 Å². The first-order chi connectivity index (χ1) is 23.1. The lowest BCUT2D eigenvalue weighted by Gasteiger charge is -2.19. The van der Waals surface area contributed by atoms with E-state index in [9.17, 15) is 27.6 Å². The fourth-order valence-corrected chi connectivity index (χ4v) is 5.78. The number of nitrogens with one attached hydrogen (secondary N) is 3. The van der Waals surface area contributed by atoms with Gasteiger partial charge in [0.05, 0.1) is 11.3 Å². The van der Waals surface area contributed by atoms with Crippen LogP contribution in [0.15, 0.2) is 144 Å². The van der Waals surface area contributed by atoms with Crippen LogP contribution in [0.1, 0.15) is 37.9 Å². The Morgan fingerprint density at radius 2 is 1.38 bits per heavy atom. The van der Waals surface area contributed by atoms with E-state index < -0.39 is 34.7 Å². The monoisotopic (exact) mass is 665 g/mol. The normalized spacial score (nSPS) is 12.1. The van der Waals surface area contributed by atoms with Crippen molar-refractivity contribution in [3.63, 3.8) is 0 Å². The molecule has 1 atom stereocenters. The van der Waals surface area contributed by atoms with Gasteiger partial charge in [-0.2, -0.15) is 13.2 Å². The molecular weight excluding hydrogens is 635 g/mol. The lowest BCUT2D eigenvalue weighted by Crippen LogP contribution is -2.30. The molecule has 5 aromatic carbocycles. The Bertz CT molecular complexity index is 1930. The molecular formula is C38H30F3N3O3S. The average Bonchev–Trinajstić information content (AvgIpc) is 3.08. The number of carbonyl (C=O) groups is 3. The number of alkyl halides is 3. The number of anilines is 2. The first kappa shape index (κ1) is 33.7. The molecule has 3 amide bonds. The summed E-state index contributed by atoms with van der Waals surface area (Å²) >= 11 is 1.15. The van der Waals surface area contributed by atoms with Gasteiger partial charge < -0.3 is 16.0 Å². The van der Waals surface area contributed by atoms with Crippen molar-refractivity contribution in [2.45, 2.75) is 23.2 Å². The Kier molecular flexibility index (Phi) is 10.8. The van der Waals surface area contributed by atoms with Crippen LogP contribution in [0, 0.1) is 6.92 Å². The van der Waals surface area contributed by atoms with Gasteiger partial charge in [0.25, 0.3) is 11.8 Å². The van der Waals surface area contributed by atoms with Gasteiger partial charge in [0, 0.05) is 16.1 Å². The number of carbonyl (C=O) groups excluding carboxylic acids is 3. The Labute approximate surface area is 280 Å². The fraction of sp³-hybridized carbons (Fsp3) is 0.0789. The van der Waals surface area contributed by atoms with Crippen LogP contribution in [0.25, 0.3) is 6.08 Å². The minimum Gasteiger partial charge on any atom is -0.324 e. The summed E-state index contributed by atoms with van der Waals surface area (Å²) in [7, 11) is 0. The van der Waals surface area contributed by atoms with Gasteiger partial charge in [-0.05, 0) is 72.7 Å². The smallest absolute Gasteiger partial charge is 0.324 e. The van der Waals surface area contributed by atoms with Crippen molar-refractivity contribution in [1.29, 1.82) is 0 Å². The standard InChI is InChI=1S/C38H30F3N3O3S/c1-25-11-10-12-26(23-25)24-33(44-35(45)28-15-6-3-7-16-28)36(46)42-29-19-21-30(22-20-29)48-34(27-13-4-2-5-14-27)37(47)43-32-18-9-8-17-31(32)38(39,40)41/h2-24,34H,1H3,(H,42,46)(H,43,47)(H,44,45)/b33-24-. The molecule has 6 nitrogen and oxygen atoms in total. The maximum absolute atomic E-state index is 13.6. The Balaban J connectivity index is 1.34. The predicted octanol–water partition coefficient (Wildman–Crippen LogP) is 8.90. The summed E-state index contributed by atoms with van der Waals surface area (Å²) in [5.74, 6) is -1.62. The topological polar surface area (TPSA) is 87.3 Å². The molecule has 1 unspecified atom stereocenters. The first-order valence-electron chi connectivity index (χ1n) is 14.8. The summed E-state index contributed by atoms with van der Waals surface area (Å²) in [6, 6.07) is 36.2. The van der Waals surface area contributed by atoms with Crippen LogP contribution in [0.5, 0.6) is 0 Å². The van der Waals surface area contributed by atoms with Crippen LogP contribution in [-0.4, -0.2) is 17.7 Å². The summed E-state index contributed by atoms with van der Waals surface area (Å²) in [6.07, 6.45) is -3.05. The van der Waals surface area contributed by atoms with Gasteiger partial charge in [0.2, 0.25) is 5.91 Å². The molecule has 0 spiro atoms. The fourth-order valence-electron chi connectivity index (χ4n) is 4.76. The minimum atomic E-state index is -4.64. The SMILES string of the molecule is Cc1cccc(/C=C(\NC(=O)c2ccccc2)C(=O)Nc2ccc(SC(C(=O)Nc3ccccc3C(F)(F)F)c3ccccc3)cc2)c1. The number of amides is 3. The van der Waals surface area contributed by atoms with E-state index in [-0.39, 0.29) is 11.4 Å². The summed E-state index contributed by atoms with van der Waals surface area (Å²) in [5, 5.41) is 7.09. The van der Waals surface area contributed by atoms with Gasteiger partial charge in [0.15, 0.2) is 0 Å². The van der Waals surface area contributed by atoms with Crippen LogP contribution in [-0.2, 0) is 15.8 Å². The zero-order valence-corrected chi connectivity index (χ0v) is 26.4. The predicted molar refractivity (Wildman–Crippen MR) is 183 cm³/mol. The van der Waals surface area contributed by atoms with E-state index in [1.54, 1.807) is 91.0 Å². The molecule has 5 aromatic rings. The van der Waals surface area contributed by atoms with Gasteiger partial charge >= 0.3 is 6.18 Å². The van der Waals surface area contributed by atoms with E-state index in [4.69, 9.17) is 0 Å². The Morgan fingerprint density at radius 3 is 2.04 bits per heavy atom. The number of para-hydroxylation sites is 1. The molecule has 10 heteroatoms. The lowest BCUT2D eigenvalue weighted by molar-refractivity contribution is -0.137. The number of halogens is 3. The third-order valence-corrected chi connectivity index (χ3v) is 8.35. The zero-order valence-electron chi connectivity index (χ0n) is 25.6. The highest BCUT2D eigenvalue weighted by Gasteiger charge is 2.34. The molecule has 3 N–H and O–H groups in total. The molecule has 0 saturated carbocycles. The van der Waals surface area contributed by atoms with Gasteiger partial charge in [-0.25, -0.2) is 0 Å². The van der Waals surface area contributed by atoms with E-state index in [0.717, 1.165) is 29.0 Å². The quantitative estimate of drug-likeness (QED) is 0.103. The summed E-state index contributed by atoms with van der Waals surface area (Å²) in [4.78, 5) is 40.5. The molecule has 48 heavy (non-hydrogen) atoms. The highest BCUT2D eigenvalue weighted by molar-refractivity contribution is 8.00. The third-order valence-electron chi connectivity index (χ3n) is 7.08. The maximum atomic E-state index is 13.6. The second-order valence-electron chi connectivity index (χ2n) is 10.7. The molecule has 0 aliphatic rings. The van der Waals surface area contributed by atoms with Crippen molar-refractivity contribution in [2.24, 2.45) is 0 Å². The van der Waals surface area contributed by atoms with Gasteiger partial charge in [-0.15, -0.1) is 11.8 Å². The number of hydrogen-bond donors (Lipinski definition) is 3. The first-order valence-corrected chi connectivity index (χ1v) is 15.7. The minimum absolute atomic E-state index is 0.0351. The number of hydrogen-bond acceptors (Lipinski definition) is 4. The molecule has 0 aliphatic heterocycles. The maximum Gasteiger partial charge on any atom is 0.418 e. The van der Waals surface area contributed by atoms with Gasteiger partial charge in [-0.3, -0.25) is 14.4 Å². The number of thioether (sulfide) groups is 1. The van der Waals surface area contributed by atoms with Crippen molar-refractivity contribution < 1.29 is 27.6 Å². The molecule has 0 aliphatic carbocycles. The second kappa shape index (κ2) is 15.3. The van der Waals surface area contributed by atoms with Crippen molar-refractivity contribution in [3.05, 3.63) is 167 Å². The number of rotatable bonds is 10. The largest absolute Gasteiger partial charge is 0.418 e. The van der Waals surface area contributed by atoms with E-state index in [2.05, 4.69) is 16.0 Å². The van der Waals surface area contributed by atoms with Crippen LogP contribution in [0.3, 0.4) is 0 Å². The van der Waals surface area contributed by atoms with Crippen molar-refractivity contribution in [2.75, 3.05) is 10.6 Å². The molecule has 5 rings (SSSR count). The average molecular weight is 666 g/mol. The summed E-state index contributed by atoms with van der Waals surface area (Å²) in [5.41, 5.74) is 1.89. The lowest BCUT2D eigenvalue weighted by atomic mass is 10.1. The van der Waals surface area contributed by atoms with Gasteiger partial charge in [-0.1, -0.05) is 90.5 Å². The van der Waals surface area contributed by atoms with Gasteiger partial charge in [0.1, 0.15) is 10.9 Å². The number of benzene rings is 5.